The highest BCUT2D eigenvalue weighted by molar-refractivity contribution is 5.90. The van der Waals surface area contributed by atoms with Crippen LogP contribution in [0.15, 0.2) is 24.3 Å². The zero-order valence-electron chi connectivity index (χ0n) is 11.7. The number of benzene rings is 1. The summed E-state index contributed by atoms with van der Waals surface area (Å²) in [7, 11) is 0. The van der Waals surface area contributed by atoms with Crippen LogP contribution in [-0.2, 0) is 11.3 Å². The van der Waals surface area contributed by atoms with Crippen LogP contribution in [0.2, 0.25) is 0 Å². The van der Waals surface area contributed by atoms with E-state index in [9.17, 15) is 4.79 Å². The van der Waals surface area contributed by atoms with E-state index in [-0.39, 0.29) is 5.91 Å². The Morgan fingerprint density at radius 2 is 2.11 bits per heavy atom. The summed E-state index contributed by atoms with van der Waals surface area (Å²) in [6, 6.07) is 8.09. The van der Waals surface area contributed by atoms with Gasteiger partial charge in [-0.1, -0.05) is 31.9 Å². The van der Waals surface area contributed by atoms with Crippen molar-refractivity contribution in [2.45, 2.75) is 45.6 Å². The molecule has 0 aromatic heterocycles. The lowest BCUT2D eigenvalue weighted by molar-refractivity contribution is -0.117. The molecule has 0 spiro atoms. The molecule has 0 bridgehead atoms. The van der Waals surface area contributed by atoms with Crippen LogP contribution in [-0.4, -0.2) is 12.5 Å². The van der Waals surface area contributed by atoms with Crippen LogP contribution in [0.1, 0.15) is 44.6 Å². The number of hydrogen-bond acceptors (Lipinski definition) is 2. The summed E-state index contributed by atoms with van der Waals surface area (Å²) in [4.78, 5) is 12.0. The van der Waals surface area contributed by atoms with Crippen molar-refractivity contribution >= 4 is 11.6 Å². The van der Waals surface area contributed by atoms with Crippen molar-refractivity contribution in [2.24, 2.45) is 5.92 Å². The molecule has 1 saturated carbocycles. The van der Waals surface area contributed by atoms with Gasteiger partial charge < -0.3 is 10.6 Å². The molecule has 3 nitrogen and oxygen atoms in total. The molecule has 1 amide bonds. The van der Waals surface area contributed by atoms with Crippen molar-refractivity contribution in [1.29, 1.82) is 0 Å². The van der Waals surface area contributed by atoms with Crippen molar-refractivity contribution in [3.8, 4) is 0 Å². The second kappa shape index (κ2) is 7.29. The third-order valence-electron chi connectivity index (χ3n) is 3.74. The Bertz CT molecular complexity index is 411. The molecule has 1 fully saturated rings. The van der Waals surface area contributed by atoms with Crippen LogP contribution in [0, 0.1) is 5.92 Å². The number of rotatable bonds is 6. The van der Waals surface area contributed by atoms with Gasteiger partial charge in [-0.05, 0) is 43.0 Å². The molecule has 104 valence electrons. The van der Waals surface area contributed by atoms with E-state index in [0.29, 0.717) is 12.3 Å². The van der Waals surface area contributed by atoms with Crippen LogP contribution in [0.4, 0.5) is 5.69 Å². The average Bonchev–Trinajstić information content (AvgIpc) is 2.89. The molecule has 1 aliphatic carbocycles. The highest BCUT2D eigenvalue weighted by atomic mass is 16.1. The molecule has 0 saturated heterocycles. The molecule has 1 aromatic carbocycles. The van der Waals surface area contributed by atoms with Crippen molar-refractivity contribution in [3.63, 3.8) is 0 Å². The predicted octanol–water partition coefficient (Wildman–Crippen LogP) is 3.31. The number of hydrogen-bond donors (Lipinski definition) is 2. The monoisotopic (exact) mass is 260 g/mol. The SMILES string of the molecule is CCNCc1cccc(NC(=O)CC2CCCC2)c1. The summed E-state index contributed by atoms with van der Waals surface area (Å²) in [5, 5.41) is 6.31. The fourth-order valence-electron chi connectivity index (χ4n) is 2.72. The quantitative estimate of drug-likeness (QED) is 0.824. The Morgan fingerprint density at radius 1 is 1.32 bits per heavy atom. The first-order valence-electron chi connectivity index (χ1n) is 7.37. The summed E-state index contributed by atoms with van der Waals surface area (Å²) in [6.45, 7) is 3.90. The summed E-state index contributed by atoms with van der Waals surface area (Å²) in [6.07, 6.45) is 5.69. The van der Waals surface area contributed by atoms with Crippen LogP contribution in [0.25, 0.3) is 0 Å². The first-order valence-corrected chi connectivity index (χ1v) is 7.37. The maximum atomic E-state index is 12.0. The Hall–Kier alpha value is -1.35. The van der Waals surface area contributed by atoms with Gasteiger partial charge in [-0.2, -0.15) is 0 Å². The van der Waals surface area contributed by atoms with E-state index in [4.69, 9.17) is 0 Å². The highest BCUT2D eigenvalue weighted by Crippen LogP contribution is 2.27. The fourth-order valence-corrected chi connectivity index (χ4v) is 2.72. The zero-order valence-corrected chi connectivity index (χ0v) is 11.7. The molecule has 0 atom stereocenters. The summed E-state index contributed by atoms with van der Waals surface area (Å²) in [5.74, 6) is 0.762. The van der Waals surface area contributed by atoms with E-state index in [1.165, 1.54) is 31.2 Å². The molecule has 1 aliphatic rings. The second-order valence-corrected chi connectivity index (χ2v) is 5.38. The van der Waals surface area contributed by atoms with Gasteiger partial charge in [-0.15, -0.1) is 0 Å². The Kier molecular flexibility index (Phi) is 5.40. The number of amides is 1. The van der Waals surface area contributed by atoms with Gasteiger partial charge >= 0.3 is 0 Å². The van der Waals surface area contributed by atoms with Crippen molar-refractivity contribution in [2.75, 3.05) is 11.9 Å². The molecule has 0 aliphatic heterocycles. The summed E-state index contributed by atoms with van der Waals surface area (Å²) < 4.78 is 0. The third-order valence-corrected chi connectivity index (χ3v) is 3.74. The van der Waals surface area contributed by atoms with Crippen LogP contribution >= 0.6 is 0 Å². The van der Waals surface area contributed by atoms with Crippen molar-refractivity contribution in [3.05, 3.63) is 29.8 Å². The van der Waals surface area contributed by atoms with E-state index in [1.54, 1.807) is 0 Å². The lowest BCUT2D eigenvalue weighted by Gasteiger charge is -2.10. The molecule has 0 heterocycles. The van der Waals surface area contributed by atoms with E-state index < -0.39 is 0 Å². The third kappa shape index (κ3) is 4.67. The number of carbonyl (C=O) groups is 1. The molecule has 0 radical (unpaired) electrons. The molecule has 3 heteroatoms. The maximum Gasteiger partial charge on any atom is 0.224 e. The summed E-state index contributed by atoms with van der Waals surface area (Å²) in [5.41, 5.74) is 2.12. The maximum absolute atomic E-state index is 12.0. The molecule has 0 unspecified atom stereocenters. The van der Waals surface area contributed by atoms with Crippen LogP contribution in [0.3, 0.4) is 0 Å². The molecule has 2 rings (SSSR count). The molecule has 1 aromatic rings. The first kappa shape index (κ1) is 14.1. The highest BCUT2D eigenvalue weighted by Gasteiger charge is 2.18. The van der Waals surface area contributed by atoms with Gasteiger partial charge in [-0.3, -0.25) is 4.79 Å². The lowest BCUT2D eigenvalue weighted by atomic mass is 10.0. The lowest BCUT2D eigenvalue weighted by Crippen LogP contribution is -2.16. The van der Waals surface area contributed by atoms with Gasteiger partial charge in [-0.25, -0.2) is 0 Å². The van der Waals surface area contributed by atoms with E-state index in [0.717, 1.165) is 18.8 Å². The Morgan fingerprint density at radius 3 is 2.84 bits per heavy atom. The average molecular weight is 260 g/mol. The van der Waals surface area contributed by atoms with Crippen molar-refractivity contribution < 1.29 is 4.79 Å². The standard InChI is InChI=1S/C16H24N2O/c1-2-17-12-14-8-5-9-15(10-14)18-16(19)11-13-6-3-4-7-13/h5,8-10,13,17H,2-4,6-7,11-12H2,1H3,(H,18,19). The molecule has 19 heavy (non-hydrogen) atoms. The molecular formula is C16H24N2O. The Balaban J connectivity index is 1.85. The van der Waals surface area contributed by atoms with Gasteiger partial charge in [0.15, 0.2) is 0 Å². The predicted molar refractivity (Wildman–Crippen MR) is 79.0 cm³/mol. The minimum atomic E-state index is 0.160. The first-order chi connectivity index (χ1) is 9.28. The van der Waals surface area contributed by atoms with Gasteiger partial charge in [0.05, 0.1) is 0 Å². The van der Waals surface area contributed by atoms with E-state index >= 15 is 0 Å². The Labute approximate surface area is 115 Å². The van der Waals surface area contributed by atoms with Crippen LogP contribution in [0.5, 0.6) is 0 Å². The van der Waals surface area contributed by atoms with Gasteiger partial charge in [0.25, 0.3) is 0 Å². The molecule has 2 N–H and O–H groups in total. The number of nitrogens with one attached hydrogen (secondary N) is 2. The van der Waals surface area contributed by atoms with Crippen LogP contribution < -0.4 is 10.6 Å². The normalized spacial score (nSPS) is 15.6. The van der Waals surface area contributed by atoms with E-state index in [1.807, 2.05) is 12.1 Å². The van der Waals surface area contributed by atoms with Crippen molar-refractivity contribution in [1.82, 2.24) is 5.32 Å². The van der Waals surface area contributed by atoms with Gasteiger partial charge in [0.2, 0.25) is 5.91 Å². The molecular weight excluding hydrogens is 236 g/mol. The minimum Gasteiger partial charge on any atom is -0.326 e. The second-order valence-electron chi connectivity index (χ2n) is 5.38. The topological polar surface area (TPSA) is 41.1 Å². The smallest absolute Gasteiger partial charge is 0.224 e. The fraction of sp³-hybridized carbons (Fsp3) is 0.562. The van der Waals surface area contributed by atoms with Gasteiger partial charge in [0, 0.05) is 18.7 Å². The summed E-state index contributed by atoms with van der Waals surface area (Å²) >= 11 is 0. The largest absolute Gasteiger partial charge is 0.326 e. The number of carbonyl (C=O) groups excluding carboxylic acids is 1. The zero-order chi connectivity index (χ0) is 13.5. The minimum absolute atomic E-state index is 0.160. The van der Waals surface area contributed by atoms with Gasteiger partial charge in [0.1, 0.15) is 0 Å². The number of anilines is 1. The van der Waals surface area contributed by atoms with E-state index in [2.05, 4.69) is 29.7 Å².